The van der Waals surface area contributed by atoms with E-state index in [1.54, 1.807) is 12.1 Å². The molecule has 0 aromatic heterocycles. The molecule has 2 unspecified atom stereocenters. The van der Waals surface area contributed by atoms with Gasteiger partial charge in [-0.25, -0.2) is 4.79 Å². The molecular weight excluding hydrogens is 453 g/mol. The molecule has 7 nitrogen and oxygen atoms in total. The number of carbonyl (C=O) groups excluding carboxylic acids is 1. The van der Waals surface area contributed by atoms with Gasteiger partial charge in [0.1, 0.15) is 18.6 Å². The highest BCUT2D eigenvalue weighted by molar-refractivity contribution is 7.60. The predicted octanol–water partition coefficient (Wildman–Crippen LogP) is 5.45. The van der Waals surface area contributed by atoms with Crippen molar-refractivity contribution in [1.29, 1.82) is 0 Å². The van der Waals surface area contributed by atoms with Crippen molar-refractivity contribution in [1.82, 2.24) is 5.32 Å². The van der Waals surface area contributed by atoms with Gasteiger partial charge in [-0.3, -0.25) is 9.36 Å². The number of alkyl carbamates (subject to hydrolysis) is 1. The zero-order valence-corrected chi connectivity index (χ0v) is 19.6. The maximum Gasteiger partial charge on any atom is 0.408 e. The number of hydrogen-bond acceptors (Lipinski definition) is 5. The summed E-state index contributed by atoms with van der Waals surface area (Å²) >= 11 is 0. The second kappa shape index (κ2) is 12.7. The van der Waals surface area contributed by atoms with Gasteiger partial charge in [0.15, 0.2) is 0 Å². The second-order valence-electron chi connectivity index (χ2n) is 7.78. The first-order valence-electron chi connectivity index (χ1n) is 10.9. The van der Waals surface area contributed by atoms with E-state index in [4.69, 9.17) is 9.26 Å². The van der Waals surface area contributed by atoms with Crippen molar-refractivity contribution in [2.75, 3.05) is 6.16 Å². The molecule has 34 heavy (non-hydrogen) atoms. The van der Waals surface area contributed by atoms with Gasteiger partial charge in [0.2, 0.25) is 7.37 Å². The van der Waals surface area contributed by atoms with Crippen molar-refractivity contribution in [3.05, 3.63) is 108 Å². The molecule has 0 spiro atoms. The molecule has 3 rings (SSSR count). The number of carboxylic acid groups (broad SMARTS) is 1. The average molecular weight is 481 g/mol. The van der Waals surface area contributed by atoms with Crippen LogP contribution in [0.5, 0.6) is 0 Å². The lowest BCUT2D eigenvalue weighted by Gasteiger charge is -2.27. The highest BCUT2D eigenvalue weighted by atomic mass is 31.2. The number of carbonyl (C=O) groups is 2. The Hall–Kier alpha value is -3.41. The fourth-order valence-electron chi connectivity index (χ4n) is 3.41. The molecule has 0 aliphatic heterocycles. The molecule has 0 radical (unpaired) electrons. The fraction of sp³-hybridized carbons (Fsp3) is 0.231. The third-order valence-electron chi connectivity index (χ3n) is 5.17. The summed E-state index contributed by atoms with van der Waals surface area (Å²) in [5.41, 5.74) is 2.52. The van der Waals surface area contributed by atoms with Crippen LogP contribution in [-0.4, -0.2) is 29.1 Å². The summed E-state index contributed by atoms with van der Waals surface area (Å²) in [5, 5.41) is 12.1. The summed E-state index contributed by atoms with van der Waals surface area (Å²) in [6, 6.07) is 27.7. The monoisotopic (exact) mass is 481 g/mol. The molecule has 2 N–H and O–H groups in total. The van der Waals surface area contributed by atoms with Crippen molar-refractivity contribution in [2.24, 2.45) is 0 Å². The SMILES string of the molecule is O=C(O)CP(=O)(OCc1ccccc1)C(CCc1ccccc1)NC(=O)OCc1ccccc1. The Morgan fingerprint density at radius 2 is 1.29 bits per heavy atom. The van der Waals surface area contributed by atoms with E-state index in [-0.39, 0.29) is 19.6 Å². The molecule has 2 atom stereocenters. The van der Waals surface area contributed by atoms with Crippen LogP contribution in [0.4, 0.5) is 4.79 Å². The standard InChI is InChI=1S/C26H28NO6P/c28-25(29)20-34(31,33-19-23-14-8-3-9-15-23)24(17-16-21-10-4-1-5-11-21)27-26(30)32-18-22-12-6-2-7-13-22/h1-15,24H,16-20H2,(H,27,30)(H,28,29). The van der Waals surface area contributed by atoms with Crippen LogP contribution in [0, 0.1) is 0 Å². The van der Waals surface area contributed by atoms with Gasteiger partial charge >= 0.3 is 12.1 Å². The lowest BCUT2D eigenvalue weighted by atomic mass is 10.1. The summed E-state index contributed by atoms with van der Waals surface area (Å²) in [6.07, 6.45) is -0.791. The highest BCUT2D eigenvalue weighted by Gasteiger charge is 2.38. The Kier molecular flexibility index (Phi) is 9.44. The topological polar surface area (TPSA) is 102 Å². The Bertz CT molecular complexity index is 1090. The quantitative estimate of drug-likeness (QED) is 0.334. The van der Waals surface area contributed by atoms with Crippen LogP contribution in [0.15, 0.2) is 91.0 Å². The first kappa shape index (κ1) is 25.2. The minimum Gasteiger partial charge on any atom is -0.481 e. The minimum atomic E-state index is -3.85. The van der Waals surface area contributed by atoms with Crippen LogP contribution in [0.1, 0.15) is 23.1 Å². The number of nitrogens with one attached hydrogen (secondary N) is 1. The summed E-state index contributed by atoms with van der Waals surface area (Å²) in [7, 11) is -3.85. The molecule has 0 bridgehead atoms. The number of benzene rings is 3. The van der Waals surface area contributed by atoms with E-state index < -0.39 is 31.4 Å². The van der Waals surface area contributed by atoms with E-state index in [0.717, 1.165) is 16.7 Å². The summed E-state index contributed by atoms with van der Waals surface area (Å²) in [5.74, 6) is -2.30. The van der Waals surface area contributed by atoms with Crippen LogP contribution in [0.25, 0.3) is 0 Å². The van der Waals surface area contributed by atoms with E-state index in [1.165, 1.54) is 0 Å². The lowest BCUT2D eigenvalue weighted by molar-refractivity contribution is -0.134. The van der Waals surface area contributed by atoms with Gasteiger partial charge in [0.05, 0.1) is 6.61 Å². The molecule has 0 fully saturated rings. The smallest absolute Gasteiger partial charge is 0.408 e. The molecule has 0 saturated heterocycles. The van der Waals surface area contributed by atoms with Crippen LogP contribution in [0.3, 0.4) is 0 Å². The molecule has 0 saturated carbocycles. The van der Waals surface area contributed by atoms with Crippen LogP contribution >= 0.6 is 7.37 Å². The van der Waals surface area contributed by atoms with Crippen LogP contribution in [0.2, 0.25) is 0 Å². The molecular formula is C26H28NO6P. The highest BCUT2D eigenvalue weighted by Crippen LogP contribution is 2.53. The largest absolute Gasteiger partial charge is 0.481 e. The van der Waals surface area contributed by atoms with Gasteiger partial charge in [-0.2, -0.15) is 0 Å². The van der Waals surface area contributed by atoms with Crippen molar-refractivity contribution in [3.63, 3.8) is 0 Å². The van der Waals surface area contributed by atoms with Crippen molar-refractivity contribution in [2.45, 2.75) is 31.8 Å². The second-order valence-corrected chi connectivity index (χ2v) is 10.4. The summed E-state index contributed by atoms with van der Waals surface area (Å²) < 4.78 is 24.9. The van der Waals surface area contributed by atoms with Gasteiger partial charge in [-0.15, -0.1) is 0 Å². The third-order valence-corrected chi connectivity index (χ3v) is 7.78. The van der Waals surface area contributed by atoms with Gasteiger partial charge in [-0.05, 0) is 29.5 Å². The fourth-order valence-corrected chi connectivity index (χ4v) is 5.47. The number of rotatable bonds is 12. The number of carboxylic acids is 1. The van der Waals surface area contributed by atoms with E-state index in [1.807, 2.05) is 78.9 Å². The van der Waals surface area contributed by atoms with Gasteiger partial charge in [0.25, 0.3) is 0 Å². The Labute approximate surface area is 199 Å². The Morgan fingerprint density at radius 1 is 0.794 bits per heavy atom. The summed E-state index contributed by atoms with van der Waals surface area (Å²) in [4.78, 5) is 24.2. The Balaban J connectivity index is 1.76. The van der Waals surface area contributed by atoms with Crippen LogP contribution in [-0.2, 0) is 38.3 Å². The maximum absolute atomic E-state index is 13.9. The number of aliphatic carboxylic acids is 1. The molecule has 178 valence electrons. The predicted molar refractivity (Wildman–Crippen MR) is 130 cm³/mol. The molecule has 1 amide bonds. The minimum absolute atomic E-state index is 0.0338. The zero-order valence-electron chi connectivity index (χ0n) is 18.7. The van der Waals surface area contributed by atoms with E-state index in [2.05, 4.69) is 5.32 Å². The van der Waals surface area contributed by atoms with Crippen molar-refractivity contribution < 1.29 is 28.5 Å². The number of aryl methyl sites for hydroxylation is 1. The average Bonchev–Trinajstić information content (AvgIpc) is 2.85. The van der Waals surface area contributed by atoms with Gasteiger partial charge < -0.3 is 19.7 Å². The molecule has 3 aromatic rings. The number of hydrogen-bond donors (Lipinski definition) is 2. The van der Waals surface area contributed by atoms with Gasteiger partial charge in [-0.1, -0.05) is 91.0 Å². The third kappa shape index (κ3) is 8.18. The summed E-state index contributed by atoms with van der Waals surface area (Å²) in [6.45, 7) is 0.000160. The zero-order chi connectivity index (χ0) is 24.2. The first-order chi connectivity index (χ1) is 16.4. The number of ether oxygens (including phenoxy) is 1. The maximum atomic E-state index is 13.9. The molecule has 0 aliphatic carbocycles. The Morgan fingerprint density at radius 3 is 1.82 bits per heavy atom. The van der Waals surface area contributed by atoms with Crippen LogP contribution < -0.4 is 5.32 Å². The number of amides is 1. The normalized spacial score (nSPS) is 13.4. The first-order valence-corrected chi connectivity index (χ1v) is 12.8. The molecule has 0 heterocycles. The van der Waals surface area contributed by atoms with Crippen molar-refractivity contribution >= 4 is 19.4 Å². The van der Waals surface area contributed by atoms with E-state index >= 15 is 0 Å². The van der Waals surface area contributed by atoms with Crippen molar-refractivity contribution in [3.8, 4) is 0 Å². The molecule has 8 heteroatoms. The van der Waals surface area contributed by atoms with Gasteiger partial charge in [0, 0.05) is 0 Å². The molecule has 3 aromatic carbocycles. The van der Waals surface area contributed by atoms with E-state index in [0.29, 0.717) is 6.42 Å². The van der Waals surface area contributed by atoms with E-state index in [9.17, 15) is 19.3 Å². The lowest BCUT2D eigenvalue weighted by Crippen LogP contribution is -2.37. The molecule has 0 aliphatic rings.